The number of anilines is 1. The molecule has 9 heteroatoms. The Hall–Kier alpha value is -3.23. The number of carbonyl (C=O) groups is 5. The van der Waals surface area contributed by atoms with E-state index in [4.69, 9.17) is 4.74 Å². The van der Waals surface area contributed by atoms with E-state index in [9.17, 15) is 24.0 Å². The molecule has 2 N–H and O–H groups in total. The molecule has 1 heterocycles. The van der Waals surface area contributed by atoms with Gasteiger partial charge in [0, 0.05) is 24.2 Å². The minimum atomic E-state index is -1.04. The number of carbonyl (C=O) groups excluding carboxylic acids is 5. The van der Waals surface area contributed by atoms with Crippen LogP contribution < -0.4 is 10.6 Å². The zero-order valence-corrected chi connectivity index (χ0v) is 16.9. The van der Waals surface area contributed by atoms with Gasteiger partial charge in [-0.05, 0) is 46.2 Å². The summed E-state index contributed by atoms with van der Waals surface area (Å²) in [5.74, 6) is -1.63. The maximum absolute atomic E-state index is 12.2. The van der Waals surface area contributed by atoms with Crippen LogP contribution in [-0.2, 0) is 19.1 Å². The van der Waals surface area contributed by atoms with Gasteiger partial charge >= 0.3 is 12.0 Å². The van der Waals surface area contributed by atoms with E-state index in [1.54, 1.807) is 32.0 Å². The Balaban J connectivity index is 1.79. The fraction of sp³-hybridized carbons (Fsp3) is 0.450. The first-order valence-electron chi connectivity index (χ1n) is 9.26. The highest BCUT2D eigenvalue weighted by atomic mass is 16.5. The van der Waals surface area contributed by atoms with Crippen LogP contribution in [0.3, 0.4) is 0 Å². The van der Waals surface area contributed by atoms with Crippen LogP contribution >= 0.6 is 0 Å². The molecule has 0 aromatic heterocycles. The number of hydrogen-bond donors (Lipinski definition) is 2. The molecule has 1 aliphatic rings. The third kappa shape index (κ3) is 5.63. The lowest BCUT2D eigenvalue weighted by atomic mass is 10.1. The van der Waals surface area contributed by atoms with E-state index in [1.165, 1.54) is 19.9 Å². The zero-order chi connectivity index (χ0) is 21.8. The summed E-state index contributed by atoms with van der Waals surface area (Å²) in [6.07, 6.45) is -0.864. The van der Waals surface area contributed by atoms with Gasteiger partial charge in [-0.1, -0.05) is 12.1 Å². The fourth-order valence-corrected chi connectivity index (χ4v) is 2.77. The van der Waals surface area contributed by atoms with Gasteiger partial charge in [0.25, 0.3) is 11.8 Å². The number of ketones is 1. The van der Waals surface area contributed by atoms with Crippen molar-refractivity contribution >= 4 is 35.3 Å². The van der Waals surface area contributed by atoms with Crippen molar-refractivity contribution in [3.63, 3.8) is 0 Å². The molecular weight excluding hydrogens is 378 g/mol. The van der Waals surface area contributed by atoms with E-state index in [1.807, 2.05) is 0 Å². The molecule has 0 bridgehead atoms. The van der Waals surface area contributed by atoms with Gasteiger partial charge < -0.3 is 15.4 Å². The predicted octanol–water partition coefficient (Wildman–Crippen LogP) is 1.87. The van der Waals surface area contributed by atoms with Crippen LogP contribution in [0.15, 0.2) is 24.3 Å². The standard InChI is InChI=1S/C20H25N3O6/c1-12(24)14-7-5-8-15(11-14)21-17(26)13(2)29-16(25)9-6-10-23-18(27)20(3,4)22-19(23)28/h5,7-8,11,13H,6,9-10H2,1-4H3,(H,21,26)(H,22,28). The number of esters is 1. The highest BCUT2D eigenvalue weighted by Crippen LogP contribution is 2.17. The summed E-state index contributed by atoms with van der Waals surface area (Å²) in [7, 11) is 0. The van der Waals surface area contributed by atoms with Gasteiger partial charge in [-0.2, -0.15) is 0 Å². The van der Waals surface area contributed by atoms with Gasteiger partial charge in [0.15, 0.2) is 11.9 Å². The molecule has 156 valence electrons. The third-order valence-electron chi connectivity index (χ3n) is 4.42. The molecule has 1 aliphatic heterocycles. The molecule has 4 amide bonds. The lowest BCUT2D eigenvalue weighted by molar-refractivity contribution is -0.153. The van der Waals surface area contributed by atoms with Gasteiger partial charge in [0.1, 0.15) is 5.54 Å². The monoisotopic (exact) mass is 403 g/mol. The lowest BCUT2D eigenvalue weighted by Gasteiger charge is -2.16. The Morgan fingerprint density at radius 3 is 2.52 bits per heavy atom. The van der Waals surface area contributed by atoms with Gasteiger partial charge in [0.2, 0.25) is 0 Å². The number of nitrogens with zero attached hydrogens (tertiary/aromatic N) is 1. The van der Waals surface area contributed by atoms with Crippen molar-refractivity contribution < 1.29 is 28.7 Å². The molecular formula is C20H25N3O6. The summed E-state index contributed by atoms with van der Waals surface area (Å²) in [6.45, 7) is 6.15. The molecule has 0 saturated carbocycles. The van der Waals surface area contributed by atoms with E-state index in [-0.39, 0.29) is 31.1 Å². The first-order chi connectivity index (χ1) is 13.5. The highest BCUT2D eigenvalue weighted by molar-refractivity contribution is 6.06. The molecule has 1 aromatic rings. The van der Waals surface area contributed by atoms with E-state index in [2.05, 4.69) is 10.6 Å². The number of amides is 4. The normalized spacial score (nSPS) is 16.2. The molecule has 9 nitrogen and oxygen atoms in total. The summed E-state index contributed by atoms with van der Waals surface area (Å²) < 4.78 is 5.10. The molecule has 1 saturated heterocycles. The maximum atomic E-state index is 12.2. The maximum Gasteiger partial charge on any atom is 0.325 e. The van der Waals surface area contributed by atoms with Crippen molar-refractivity contribution in [3.05, 3.63) is 29.8 Å². The zero-order valence-electron chi connectivity index (χ0n) is 16.9. The number of hydrogen-bond acceptors (Lipinski definition) is 6. The molecule has 1 atom stereocenters. The first-order valence-corrected chi connectivity index (χ1v) is 9.26. The second kappa shape index (κ2) is 8.85. The molecule has 1 unspecified atom stereocenters. The molecule has 0 radical (unpaired) electrons. The average Bonchev–Trinajstić information content (AvgIpc) is 2.83. The minimum Gasteiger partial charge on any atom is -0.453 e. The molecule has 0 spiro atoms. The number of urea groups is 1. The van der Waals surface area contributed by atoms with E-state index < -0.39 is 29.6 Å². The number of rotatable bonds is 8. The Labute approximate surface area is 168 Å². The van der Waals surface area contributed by atoms with Crippen LogP contribution in [0.25, 0.3) is 0 Å². The van der Waals surface area contributed by atoms with Crippen LogP contribution in [0.5, 0.6) is 0 Å². The van der Waals surface area contributed by atoms with Crippen molar-refractivity contribution in [2.24, 2.45) is 0 Å². The fourth-order valence-electron chi connectivity index (χ4n) is 2.77. The number of benzene rings is 1. The summed E-state index contributed by atoms with van der Waals surface area (Å²) in [4.78, 5) is 60.5. The van der Waals surface area contributed by atoms with Crippen molar-refractivity contribution in [1.29, 1.82) is 0 Å². The first kappa shape index (κ1) is 22.1. The van der Waals surface area contributed by atoms with Gasteiger partial charge in [-0.25, -0.2) is 4.79 Å². The van der Waals surface area contributed by atoms with Crippen molar-refractivity contribution in [2.75, 3.05) is 11.9 Å². The number of Topliss-reactive ketones (excluding diaryl/α,β-unsaturated/α-hetero) is 1. The SMILES string of the molecule is CC(=O)c1cccc(NC(=O)C(C)OC(=O)CCCN2C(=O)NC(C)(C)C2=O)c1. The Morgan fingerprint density at radius 1 is 1.24 bits per heavy atom. The summed E-state index contributed by atoms with van der Waals surface area (Å²) in [5, 5.41) is 5.15. The molecule has 0 aliphatic carbocycles. The quantitative estimate of drug-likeness (QED) is 0.388. The van der Waals surface area contributed by atoms with Crippen molar-refractivity contribution in [1.82, 2.24) is 10.2 Å². The van der Waals surface area contributed by atoms with Crippen LogP contribution in [0.4, 0.5) is 10.5 Å². The minimum absolute atomic E-state index is 0.0467. The second-order valence-electron chi connectivity index (χ2n) is 7.37. The van der Waals surface area contributed by atoms with E-state index >= 15 is 0 Å². The Kier molecular flexibility index (Phi) is 6.73. The van der Waals surface area contributed by atoms with Crippen molar-refractivity contribution in [3.8, 4) is 0 Å². The second-order valence-corrected chi connectivity index (χ2v) is 7.37. The summed E-state index contributed by atoms with van der Waals surface area (Å²) >= 11 is 0. The van der Waals surface area contributed by atoms with E-state index in [0.717, 1.165) is 4.90 Å². The number of ether oxygens (including phenoxy) is 1. The smallest absolute Gasteiger partial charge is 0.325 e. The summed E-state index contributed by atoms with van der Waals surface area (Å²) in [5.41, 5.74) is -0.0768. The highest BCUT2D eigenvalue weighted by Gasteiger charge is 2.43. The lowest BCUT2D eigenvalue weighted by Crippen LogP contribution is -2.40. The third-order valence-corrected chi connectivity index (χ3v) is 4.42. The van der Waals surface area contributed by atoms with Crippen LogP contribution in [0, 0.1) is 0 Å². The van der Waals surface area contributed by atoms with Gasteiger partial charge in [0.05, 0.1) is 0 Å². The topological polar surface area (TPSA) is 122 Å². The number of imide groups is 1. The molecule has 1 aromatic carbocycles. The van der Waals surface area contributed by atoms with Crippen molar-refractivity contribution in [2.45, 2.75) is 52.2 Å². The predicted molar refractivity (Wildman–Crippen MR) is 104 cm³/mol. The van der Waals surface area contributed by atoms with Crippen LogP contribution in [0.2, 0.25) is 0 Å². The Bertz CT molecular complexity index is 848. The van der Waals surface area contributed by atoms with Crippen LogP contribution in [-0.4, -0.2) is 52.7 Å². The average molecular weight is 403 g/mol. The molecule has 2 rings (SSSR count). The number of nitrogens with one attached hydrogen (secondary N) is 2. The summed E-state index contributed by atoms with van der Waals surface area (Å²) in [6, 6.07) is 5.94. The van der Waals surface area contributed by atoms with Gasteiger partial charge in [-0.3, -0.25) is 24.1 Å². The molecule has 29 heavy (non-hydrogen) atoms. The largest absolute Gasteiger partial charge is 0.453 e. The Morgan fingerprint density at radius 2 is 1.93 bits per heavy atom. The van der Waals surface area contributed by atoms with Crippen LogP contribution in [0.1, 0.15) is 50.9 Å². The van der Waals surface area contributed by atoms with E-state index in [0.29, 0.717) is 11.3 Å². The molecule has 1 fully saturated rings. The van der Waals surface area contributed by atoms with Gasteiger partial charge in [-0.15, -0.1) is 0 Å².